The summed E-state index contributed by atoms with van der Waals surface area (Å²) in [5.41, 5.74) is 8.80. The molecule has 0 unspecified atom stereocenters. The monoisotopic (exact) mass is 651 g/mol. The Morgan fingerprint density at radius 1 is 0.333 bits per heavy atom. The van der Waals surface area contributed by atoms with Gasteiger partial charge in [0.15, 0.2) is 0 Å². The molecule has 238 valence electrons. The lowest BCUT2D eigenvalue weighted by Crippen LogP contribution is -2.11. The van der Waals surface area contributed by atoms with Crippen molar-refractivity contribution in [2.24, 2.45) is 0 Å². The van der Waals surface area contributed by atoms with E-state index < -0.39 is 0 Å². The van der Waals surface area contributed by atoms with Crippen molar-refractivity contribution in [3.05, 3.63) is 176 Å². The van der Waals surface area contributed by atoms with Crippen molar-refractivity contribution in [3.8, 4) is 11.1 Å². The highest BCUT2D eigenvalue weighted by molar-refractivity contribution is 6.21. The molecule has 0 N–H and O–H groups in total. The van der Waals surface area contributed by atoms with E-state index in [9.17, 15) is 0 Å². The minimum atomic E-state index is 0.853. The molecule has 0 saturated heterocycles. The van der Waals surface area contributed by atoms with E-state index >= 15 is 0 Å². The summed E-state index contributed by atoms with van der Waals surface area (Å²) >= 11 is 0. The average molecular weight is 652 g/mol. The van der Waals surface area contributed by atoms with Crippen LogP contribution in [0.1, 0.15) is 0 Å². The molecule has 11 aromatic rings. The molecule has 2 aromatic heterocycles. The van der Waals surface area contributed by atoms with E-state index in [1.54, 1.807) is 0 Å². The summed E-state index contributed by atoms with van der Waals surface area (Å²) in [6, 6.07) is 62.6. The van der Waals surface area contributed by atoms with Gasteiger partial charge in [-0.25, -0.2) is 0 Å². The zero-order chi connectivity index (χ0) is 33.5. The van der Waals surface area contributed by atoms with Crippen molar-refractivity contribution < 1.29 is 8.83 Å². The number of benzene rings is 9. The predicted molar refractivity (Wildman–Crippen MR) is 214 cm³/mol. The molecule has 0 amide bonds. The number of fused-ring (bicyclic) bond motifs is 10. The number of hydrogen-bond donors (Lipinski definition) is 0. The minimum Gasteiger partial charge on any atom is -0.456 e. The third-order valence-electron chi connectivity index (χ3n) is 10.4. The summed E-state index contributed by atoms with van der Waals surface area (Å²) in [5.74, 6) is 0. The van der Waals surface area contributed by atoms with Crippen LogP contribution >= 0.6 is 0 Å². The van der Waals surface area contributed by atoms with Crippen LogP contribution in [0.4, 0.5) is 17.1 Å². The first kappa shape index (κ1) is 28.0. The maximum Gasteiger partial charge on any atom is 0.145 e. The van der Waals surface area contributed by atoms with Crippen LogP contribution in [-0.4, -0.2) is 0 Å². The number of rotatable bonds is 4. The standard InChI is InChI=1S/C48H29NO2/c1-4-15-35-30(11-1)13-9-18-37(35)38-27-28-42(47-40-17-6-8-21-44(40)51-48(38)47)49(41-19-10-22-45-46(41)39-16-5-7-20-43(39)50-45)33-25-26-36-32(29-33)24-23-31-12-2-3-14-34(31)36/h1-29H. The minimum absolute atomic E-state index is 0.853. The topological polar surface area (TPSA) is 29.5 Å². The van der Waals surface area contributed by atoms with Gasteiger partial charge in [-0.3, -0.25) is 0 Å². The summed E-state index contributed by atoms with van der Waals surface area (Å²) < 4.78 is 13.3. The first-order valence-corrected chi connectivity index (χ1v) is 17.3. The number of anilines is 3. The molecule has 2 heterocycles. The van der Waals surface area contributed by atoms with E-state index in [4.69, 9.17) is 8.83 Å². The molecule has 0 spiro atoms. The number of para-hydroxylation sites is 2. The number of nitrogens with zero attached hydrogens (tertiary/aromatic N) is 1. The fourth-order valence-corrected chi connectivity index (χ4v) is 8.16. The first-order chi connectivity index (χ1) is 25.3. The van der Waals surface area contributed by atoms with Gasteiger partial charge in [0.2, 0.25) is 0 Å². The second kappa shape index (κ2) is 10.8. The van der Waals surface area contributed by atoms with Gasteiger partial charge < -0.3 is 13.7 Å². The predicted octanol–water partition coefficient (Wildman–Crippen LogP) is 14.1. The lowest BCUT2D eigenvalue weighted by Gasteiger charge is -2.28. The Bertz CT molecular complexity index is 3160. The van der Waals surface area contributed by atoms with E-state index in [0.29, 0.717) is 0 Å². The highest BCUT2D eigenvalue weighted by Gasteiger charge is 2.25. The third kappa shape index (κ3) is 4.19. The maximum absolute atomic E-state index is 6.87. The molecule has 0 atom stereocenters. The number of furan rings is 2. The van der Waals surface area contributed by atoms with Crippen LogP contribution in [0.3, 0.4) is 0 Å². The van der Waals surface area contributed by atoms with E-state index in [1.165, 1.54) is 32.3 Å². The second-order valence-corrected chi connectivity index (χ2v) is 13.2. The van der Waals surface area contributed by atoms with Crippen molar-refractivity contribution in [1.82, 2.24) is 0 Å². The van der Waals surface area contributed by atoms with Crippen LogP contribution in [0.2, 0.25) is 0 Å². The smallest absolute Gasteiger partial charge is 0.145 e. The zero-order valence-electron chi connectivity index (χ0n) is 27.5. The molecule has 0 radical (unpaired) electrons. The van der Waals surface area contributed by atoms with Gasteiger partial charge in [-0.15, -0.1) is 0 Å². The van der Waals surface area contributed by atoms with Gasteiger partial charge in [0.25, 0.3) is 0 Å². The lowest BCUT2D eigenvalue weighted by molar-refractivity contribution is 0.669. The van der Waals surface area contributed by atoms with Crippen LogP contribution in [-0.2, 0) is 0 Å². The summed E-state index contributed by atoms with van der Waals surface area (Å²) in [4.78, 5) is 2.40. The van der Waals surface area contributed by atoms with Gasteiger partial charge >= 0.3 is 0 Å². The Kier molecular flexibility index (Phi) is 5.96. The molecule has 11 rings (SSSR count). The SMILES string of the molecule is c1ccc2c(-c3ccc(N(c4ccc5c(ccc6ccccc65)c4)c4cccc5oc6ccccc6c45)c4c3oc3ccccc34)cccc2c1. The highest BCUT2D eigenvalue weighted by Crippen LogP contribution is 2.49. The molecule has 0 saturated carbocycles. The molecule has 0 aliphatic rings. The van der Waals surface area contributed by atoms with Crippen LogP contribution in [0, 0.1) is 0 Å². The van der Waals surface area contributed by atoms with Crippen molar-refractivity contribution in [2.75, 3.05) is 4.90 Å². The Hall–Kier alpha value is -6.84. The van der Waals surface area contributed by atoms with E-state index in [-0.39, 0.29) is 0 Å². The first-order valence-electron chi connectivity index (χ1n) is 17.3. The largest absolute Gasteiger partial charge is 0.456 e. The molecule has 3 heteroatoms. The van der Waals surface area contributed by atoms with E-state index in [0.717, 1.165) is 72.1 Å². The maximum atomic E-state index is 6.87. The number of hydrogen-bond acceptors (Lipinski definition) is 3. The van der Waals surface area contributed by atoms with Gasteiger partial charge in [-0.1, -0.05) is 127 Å². The molecule has 9 aromatic carbocycles. The quantitative estimate of drug-likeness (QED) is 0.177. The van der Waals surface area contributed by atoms with Crippen LogP contribution < -0.4 is 4.90 Å². The Balaban J connectivity index is 1.26. The molecule has 0 aliphatic heterocycles. The molecular weight excluding hydrogens is 623 g/mol. The summed E-state index contributed by atoms with van der Waals surface area (Å²) in [5, 5.41) is 11.6. The lowest BCUT2D eigenvalue weighted by atomic mass is 9.95. The molecular formula is C48H29NO2. The fraction of sp³-hybridized carbons (Fsp3) is 0. The molecule has 0 aliphatic carbocycles. The van der Waals surface area contributed by atoms with Crippen molar-refractivity contribution in [1.29, 1.82) is 0 Å². The van der Waals surface area contributed by atoms with Gasteiger partial charge in [0.1, 0.15) is 22.3 Å². The second-order valence-electron chi connectivity index (χ2n) is 13.2. The Labute approximate surface area is 293 Å². The fourth-order valence-electron chi connectivity index (χ4n) is 8.16. The van der Waals surface area contributed by atoms with Crippen molar-refractivity contribution >= 4 is 93.3 Å². The van der Waals surface area contributed by atoms with E-state index in [1.807, 2.05) is 18.2 Å². The average Bonchev–Trinajstić information content (AvgIpc) is 3.77. The summed E-state index contributed by atoms with van der Waals surface area (Å²) in [6.45, 7) is 0. The van der Waals surface area contributed by atoms with Gasteiger partial charge in [0, 0.05) is 22.0 Å². The van der Waals surface area contributed by atoms with Crippen LogP contribution in [0.25, 0.3) is 87.3 Å². The molecule has 51 heavy (non-hydrogen) atoms. The van der Waals surface area contributed by atoms with Gasteiger partial charge in [-0.2, -0.15) is 0 Å². The van der Waals surface area contributed by atoms with E-state index in [2.05, 4.69) is 163 Å². The van der Waals surface area contributed by atoms with Crippen molar-refractivity contribution in [3.63, 3.8) is 0 Å². The third-order valence-corrected chi connectivity index (χ3v) is 10.4. The summed E-state index contributed by atoms with van der Waals surface area (Å²) in [6.07, 6.45) is 0. The molecule has 0 fully saturated rings. The van der Waals surface area contributed by atoms with Gasteiger partial charge in [0.05, 0.1) is 22.1 Å². The Morgan fingerprint density at radius 2 is 0.922 bits per heavy atom. The van der Waals surface area contributed by atoms with Gasteiger partial charge in [-0.05, 0) is 86.4 Å². The van der Waals surface area contributed by atoms with Crippen LogP contribution in [0.15, 0.2) is 185 Å². The normalized spacial score (nSPS) is 11.9. The summed E-state index contributed by atoms with van der Waals surface area (Å²) in [7, 11) is 0. The molecule has 0 bridgehead atoms. The Morgan fingerprint density at radius 3 is 1.76 bits per heavy atom. The molecule has 3 nitrogen and oxygen atoms in total. The zero-order valence-corrected chi connectivity index (χ0v) is 27.5. The highest BCUT2D eigenvalue weighted by atomic mass is 16.3. The van der Waals surface area contributed by atoms with Crippen molar-refractivity contribution in [2.45, 2.75) is 0 Å². The van der Waals surface area contributed by atoms with Crippen LogP contribution in [0.5, 0.6) is 0 Å².